The Morgan fingerprint density at radius 3 is 1.27 bits per heavy atom. The van der Waals surface area contributed by atoms with Gasteiger partial charge in [0.05, 0.1) is 13.2 Å². The highest BCUT2D eigenvalue weighted by Gasteiger charge is 2.45. The van der Waals surface area contributed by atoms with Gasteiger partial charge in [-0.05, 0) is 38.1 Å². The predicted octanol–water partition coefficient (Wildman–Crippen LogP) is 1.29. The van der Waals surface area contributed by atoms with Crippen LogP contribution in [0.15, 0.2) is 36.4 Å². The number of hydrogen-bond donors (Lipinski definition) is 2. The summed E-state index contributed by atoms with van der Waals surface area (Å²) in [5.41, 5.74) is -0.537. The number of carbonyl (C=O) groups is 9. The van der Waals surface area contributed by atoms with Crippen molar-refractivity contribution in [2.24, 2.45) is 11.8 Å². The molecule has 2 unspecified atom stereocenters. The minimum Gasteiger partial charge on any atom is -0.465 e. The van der Waals surface area contributed by atoms with Gasteiger partial charge >= 0.3 is 11.9 Å². The number of benzene rings is 2. The molecule has 0 bridgehead atoms. The van der Waals surface area contributed by atoms with E-state index in [1.165, 1.54) is 24.3 Å². The minimum atomic E-state index is -1.73. The first kappa shape index (κ1) is 33.2. The topological polar surface area (TPSA) is 196 Å². The maximum atomic E-state index is 13.3. The third-order valence-electron chi connectivity index (χ3n) is 6.62. The number of ether oxygens (including phenoxy) is 2. The molecule has 0 saturated heterocycles. The van der Waals surface area contributed by atoms with Crippen LogP contribution >= 0.6 is 0 Å². The van der Waals surface area contributed by atoms with Crippen molar-refractivity contribution < 1.29 is 52.6 Å². The second kappa shape index (κ2) is 14.2. The molecule has 2 atom stereocenters. The molecule has 2 aromatic carbocycles. The summed E-state index contributed by atoms with van der Waals surface area (Å²) in [5.74, 6) is -10.8. The summed E-state index contributed by atoms with van der Waals surface area (Å²) in [6.45, 7) is 6.26. The monoisotopic (exact) mass is 606 g/mol. The third-order valence-corrected chi connectivity index (χ3v) is 6.62. The van der Waals surface area contributed by atoms with Crippen molar-refractivity contribution in [3.05, 3.63) is 69.8 Å². The van der Waals surface area contributed by atoms with E-state index < -0.39 is 77.6 Å². The molecule has 2 aromatic rings. The summed E-state index contributed by atoms with van der Waals surface area (Å²) in [6.07, 6.45) is 0. The number of Topliss-reactive ketones (excluding diaryl/α,β-unsaturated/α-hetero) is 4. The Hall–Kier alpha value is -5.33. The lowest BCUT2D eigenvalue weighted by Gasteiger charge is -2.08. The first-order chi connectivity index (χ1) is 21.0. The summed E-state index contributed by atoms with van der Waals surface area (Å²) in [6, 6.07) is 7.32. The van der Waals surface area contributed by atoms with Crippen LogP contribution in [0.2, 0.25) is 0 Å². The van der Waals surface area contributed by atoms with Gasteiger partial charge in [-0.25, -0.2) is 0 Å². The first-order valence-electron chi connectivity index (χ1n) is 13.9. The van der Waals surface area contributed by atoms with Crippen molar-refractivity contribution in [1.82, 2.24) is 10.6 Å². The van der Waals surface area contributed by atoms with Crippen molar-refractivity contribution in [2.45, 2.75) is 27.7 Å². The zero-order valence-corrected chi connectivity index (χ0v) is 24.4. The van der Waals surface area contributed by atoms with Gasteiger partial charge < -0.3 is 20.1 Å². The lowest BCUT2D eigenvalue weighted by molar-refractivity contribution is -0.144. The molecule has 2 aliphatic carbocycles. The molecule has 0 fully saturated rings. The molecule has 0 saturated carbocycles. The normalized spacial score (nSPS) is 16.3. The molecule has 0 radical (unpaired) electrons. The van der Waals surface area contributed by atoms with Crippen LogP contribution < -0.4 is 10.6 Å². The van der Waals surface area contributed by atoms with Crippen LogP contribution in [0.4, 0.5) is 0 Å². The van der Waals surface area contributed by atoms with E-state index in [9.17, 15) is 43.2 Å². The summed E-state index contributed by atoms with van der Waals surface area (Å²) in [7, 11) is 0. The maximum absolute atomic E-state index is 13.3. The Morgan fingerprint density at radius 1 is 0.591 bits per heavy atom. The summed E-state index contributed by atoms with van der Waals surface area (Å²) >= 11 is 0. The standard InChI is InChI=1S/C29H24N2O11.C2H6/c1-3-41-19(32)11-30-28(39)21-24(35)15-7-5-13(9-17(15)26(21)37)23(34)14-6-8-16-18(10-14)27(38)22(25(16)36)29(40)31-12-20(33)42-4-2;1-2/h5-10,21-22H,3-4,11-12H2,1-2H3,(H,30,39)(H,31,40);1-2H3. The SMILES string of the molecule is CC.CCOC(=O)CNC(=O)C1C(=O)c2ccc(C(=O)c3ccc4c(c3)C(=O)C(C(=O)NCC(=O)OCC)C4=O)cc2C1=O. The molecule has 230 valence electrons. The molecule has 4 rings (SSSR count). The molecule has 2 amide bonds. The van der Waals surface area contributed by atoms with E-state index >= 15 is 0 Å². The average Bonchev–Trinajstić information content (AvgIpc) is 3.42. The van der Waals surface area contributed by atoms with Crippen molar-refractivity contribution in [3.63, 3.8) is 0 Å². The molecule has 0 spiro atoms. The zero-order valence-electron chi connectivity index (χ0n) is 24.4. The van der Waals surface area contributed by atoms with Crippen LogP contribution in [0, 0.1) is 11.8 Å². The van der Waals surface area contributed by atoms with Crippen LogP contribution in [0.25, 0.3) is 0 Å². The lowest BCUT2D eigenvalue weighted by Crippen LogP contribution is -2.39. The Morgan fingerprint density at radius 2 is 0.932 bits per heavy atom. The number of carbonyl (C=O) groups excluding carboxylic acids is 9. The van der Waals surface area contributed by atoms with Crippen molar-refractivity contribution in [1.29, 1.82) is 0 Å². The summed E-state index contributed by atoms with van der Waals surface area (Å²) in [5, 5.41) is 4.39. The van der Waals surface area contributed by atoms with Crippen LogP contribution in [-0.4, -0.2) is 79.0 Å². The van der Waals surface area contributed by atoms with Crippen LogP contribution in [0.5, 0.6) is 0 Å². The van der Waals surface area contributed by atoms with E-state index in [1.54, 1.807) is 13.8 Å². The second-order valence-corrected chi connectivity index (χ2v) is 9.22. The van der Waals surface area contributed by atoms with E-state index in [4.69, 9.17) is 9.47 Å². The van der Waals surface area contributed by atoms with Gasteiger partial charge in [0.25, 0.3) is 0 Å². The van der Waals surface area contributed by atoms with Gasteiger partial charge in [-0.2, -0.15) is 0 Å². The van der Waals surface area contributed by atoms with Gasteiger partial charge in [0.1, 0.15) is 13.1 Å². The average molecular weight is 607 g/mol. The number of ketones is 5. The van der Waals surface area contributed by atoms with Crippen molar-refractivity contribution >= 4 is 52.7 Å². The molecule has 2 aliphatic rings. The smallest absolute Gasteiger partial charge is 0.325 e. The fourth-order valence-corrected chi connectivity index (χ4v) is 4.66. The number of rotatable bonds is 10. The van der Waals surface area contributed by atoms with Crippen molar-refractivity contribution in [2.75, 3.05) is 26.3 Å². The highest BCUT2D eigenvalue weighted by Crippen LogP contribution is 2.31. The Labute approximate surface area is 251 Å². The first-order valence-corrected chi connectivity index (χ1v) is 13.9. The van der Waals surface area contributed by atoms with Crippen LogP contribution in [0.3, 0.4) is 0 Å². The molecule has 0 aromatic heterocycles. The van der Waals surface area contributed by atoms with Gasteiger partial charge in [-0.3, -0.25) is 43.2 Å². The van der Waals surface area contributed by atoms with E-state index in [2.05, 4.69) is 10.6 Å². The van der Waals surface area contributed by atoms with Crippen molar-refractivity contribution in [3.8, 4) is 0 Å². The molecule has 13 nitrogen and oxygen atoms in total. The highest BCUT2D eigenvalue weighted by molar-refractivity contribution is 6.37. The maximum Gasteiger partial charge on any atom is 0.325 e. The van der Waals surface area contributed by atoms with Gasteiger partial charge in [0.15, 0.2) is 40.8 Å². The Kier molecular flexibility index (Phi) is 10.7. The third kappa shape index (κ3) is 6.51. The largest absolute Gasteiger partial charge is 0.465 e. The van der Waals surface area contributed by atoms with E-state index in [-0.39, 0.29) is 46.6 Å². The second-order valence-electron chi connectivity index (χ2n) is 9.22. The van der Waals surface area contributed by atoms with E-state index in [1.807, 2.05) is 13.8 Å². The molecular weight excluding hydrogens is 576 g/mol. The van der Waals surface area contributed by atoms with Gasteiger partial charge in [0.2, 0.25) is 11.8 Å². The minimum absolute atomic E-state index is 0.0390. The molecule has 13 heteroatoms. The van der Waals surface area contributed by atoms with Gasteiger partial charge in [0, 0.05) is 33.4 Å². The summed E-state index contributed by atoms with van der Waals surface area (Å²) in [4.78, 5) is 113. The fourth-order valence-electron chi connectivity index (χ4n) is 4.66. The molecule has 2 N–H and O–H groups in total. The fraction of sp³-hybridized carbons (Fsp3) is 0.323. The van der Waals surface area contributed by atoms with E-state index in [0.29, 0.717) is 0 Å². The molecular formula is C31H30N2O11. The van der Waals surface area contributed by atoms with Gasteiger partial charge in [-0.1, -0.05) is 26.0 Å². The summed E-state index contributed by atoms with van der Waals surface area (Å²) < 4.78 is 9.41. The molecule has 0 aliphatic heterocycles. The number of nitrogens with one attached hydrogen (secondary N) is 2. The van der Waals surface area contributed by atoms with Crippen LogP contribution in [0.1, 0.15) is 85.0 Å². The number of amides is 2. The number of hydrogen-bond acceptors (Lipinski definition) is 11. The quantitative estimate of drug-likeness (QED) is 0.225. The van der Waals surface area contributed by atoms with Crippen LogP contribution in [-0.2, 0) is 28.7 Å². The molecule has 44 heavy (non-hydrogen) atoms. The Balaban J connectivity index is 0.00000259. The zero-order chi connectivity index (χ0) is 32.7. The predicted molar refractivity (Wildman–Crippen MR) is 151 cm³/mol. The molecule has 0 heterocycles. The lowest BCUT2D eigenvalue weighted by atomic mass is 9.96. The number of esters is 2. The highest BCUT2D eigenvalue weighted by atomic mass is 16.5. The Bertz CT molecular complexity index is 1480. The van der Waals surface area contributed by atoms with E-state index in [0.717, 1.165) is 12.1 Å². The van der Waals surface area contributed by atoms with Gasteiger partial charge in [-0.15, -0.1) is 0 Å². The number of fused-ring (bicyclic) bond motifs is 2.